The Morgan fingerprint density at radius 1 is 1.09 bits per heavy atom. The van der Waals surface area contributed by atoms with Crippen molar-refractivity contribution >= 4 is 0 Å². The molecule has 2 aliphatic heterocycles. The number of aliphatic hydroxyl groups excluding tert-OH is 5. The van der Waals surface area contributed by atoms with Crippen LogP contribution in [0.5, 0.6) is 0 Å². The fraction of sp³-hybridized carbons (Fsp3) is 0.733. The van der Waals surface area contributed by atoms with E-state index in [-0.39, 0.29) is 18.4 Å². The van der Waals surface area contributed by atoms with Gasteiger partial charge in [0.25, 0.3) is 0 Å². The van der Waals surface area contributed by atoms with Crippen LogP contribution in [0.1, 0.15) is 6.42 Å². The van der Waals surface area contributed by atoms with Gasteiger partial charge in [-0.2, -0.15) is 0 Å². The van der Waals surface area contributed by atoms with E-state index in [2.05, 4.69) is 0 Å². The summed E-state index contributed by atoms with van der Waals surface area (Å²) in [6.07, 6.45) is -1.32. The van der Waals surface area contributed by atoms with Gasteiger partial charge in [-0.1, -0.05) is 12.2 Å². The Labute approximate surface area is 133 Å². The van der Waals surface area contributed by atoms with E-state index in [4.69, 9.17) is 14.2 Å². The molecule has 3 aliphatic rings. The van der Waals surface area contributed by atoms with Gasteiger partial charge in [-0.15, -0.1) is 0 Å². The molecule has 130 valence electrons. The molecule has 8 unspecified atom stereocenters. The van der Waals surface area contributed by atoms with Gasteiger partial charge in [-0.3, -0.25) is 0 Å². The van der Waals surface area contributed by atoms with Gasteiger partial charge >= 0.3 is 0 Å². The van der Waals surface area contributed by atoms with E-state index in [9.17, 15) is 25.5 Å². The lowest BCUT2D eigenvalue weighted by molar-refractivity contribution is -0.339. The molecule has 1 saturated heterocycles. The Balaban J connectivity index is 1.71. The predicted molar refractivity (Wildman–Crippen MR) is 75.6 cm³/mol. The van der Waals surface area contributed by atoms with Gasteiger partial charge in [0, 0.05) is 11.8 Å². The summed E-state index contributed by atoms with van der Waals surface area (Å²) < 4.78 is 16.5. The van der Waals surface area contributed by atoms with Crippen LogP contribution < -0.4 is 0 Å². The molecular formula is C15H22O8. The zero-order valence-corrected chi connectivity index (χ0v) is 12.4. The SMILES string of the molecule is OCC1=COC(OC2OC(CO)C(O)C(O)C2O)C2C=CCC12. The number of aliphatic hydroxyl groups is 5. The minimum absolute atomic E-state index is 0.0589. The molecule has 8 atom stereocenters. The normalized spacial score (nSPS) is 46.2. The summed E-state index contributed by atoms with van der Waals surface area (Å²) in [6, 6.07) is 0. The van der Waals surface area contributed by atoms with Crippen LogP contribution in [-0.2, 0) is 14.2 Å². The maximum atomic E-state index is 10.0. The summed E-state index contributed by atoms with van der Waals surface area (Å²) in [5, 5.41) is 48.1. The highest BCUT2D eigenvalue weighted by atomic mass is 16.8. The van der Waals surface area contributed by atoms with E-state index in [0.29, 0.717) is 0 Å². The quantitative estimate of drug-likeness (QED) is 0.383. The molecule has 8 heteroatoms. The van der Waals surface area contributed by atoms with E-state index in [1.807, 2.05) is 12.2 Å². The van der Waals surface area contributed by atoms with E-state index < -0.39 is 43.6 Å². The summed E-state index contributed by atoms with van der Waals surface area (Å²) in [5.41, 5.74) is 0.772. The monoisotopic (exact) mass is 330 g/mol. The Bertz CT molecular complexity index is 476. The minimum Gasteiger partial charge on any atom is -0.472 e. The molecule has 0 aromatic carbocycles. The van der Waals surface area contributed by atoms with E-state index in [1.54, 1.807) is 0 Å². The molecule has 0 spiro atoms. The number of ether oxygens (including phenoxy) is 3. The molecule has 23 heavy (non-hydrogen) atoms. The number of rotatable bonds is 4. The molecule has 0 aromatic rings. The molecule has 0 radical (unpaired) electrons. The van der Waals surface area contributed by atoms with Gasteiger partial charge in [0.1, 0.15) is 24.4 Å². The van der Waals surface area contributed by atoms with Crippen molar-refractivity contribution in [1.29, 1.82) is 0 Å². The van der Waals surface area contributed by atoms with Crippen molar-refractivity contribution < 1.29 is 39.7 Å². The van der Waals surface area contributed by atoms with Gasteiger partial charge in [0.05, 0.1) is 19.5 Å². The Kier molecular flexibility index (Phi) is 5.02. The first-order chi connectivity index (χ1) is 11.1. The fourth-order valence-electron chi connectivity index (χ4n) is 3.27. The Morgan fingerprint density at radius 3 is 2.57 bits per heavy atom. The standard InChI is InChI=1S/C15H22O8/c16-4-7-6-21-14(9-3-1-2-8(7)9)23-15-13(20)12(19)11(18)10(5-17)22-15/h1,3,6,8-20H,2,4-5H2. The molecule has 0 saturated carbocycles. The summed E-state index contributed by atoms with van der Waals surface area (Å²) in [4.78, 5) is 0. The van der Waals surface area contributed by atoms with E-state index in [1.165, 1.54) is 6.26 Å². The van der Waals surface area contributed by atoms with Crippen LogP contribution >= 0.6 is 0 Å². The minimum atomic E-state index is -1.49. The molecule has 0 amide bonds. The van der Waals surface area contributed by atoms with Gasteiger partial charge in [-0.25, -0.2) is 0 Å². The third-order valence-corrected chi connectivity index (χ3v) is 4.66. The molecule has 0 aromatic heterocycles. The molecule has 2 heterocycles. The van der Waals surface area contributed by atoms with Gasteiger partial charge in [0.15, 0.2) is 6.29 Å². The molecule has 3 rings (SSSR count). The third-order valence-electron chi connectivity index (χ3n) is 4.66. The van der Waals surface area contributed by atoms with Crippen LogP contribution in [0.3, 0.4) is 0 Å². The second kappa shape index (κ2) is 6.86. The molecule has 0 bridgehead atoms. The lowest BCUT2D eigenvalue weighted by atomic mass is 9.87. The zero-order valence-electron chi connectivity index (χ0n) is 12.4. The summed E-state index contributed by atoms with van der Waals surface area (Å²) in [5.74, 6) is -0.0850. The lowest BCUT2D eigenvalue weighted by Gasteiger charge is -2.42. The van der Waals surface area contributed by atoms with Crippen molar-refractivity contribution in [3.8, 4) is 0 Å². The first-order valence-electron chi connectivity index (χ1n) is 7.64. The summed E-state index contributed by atoms with van der Waals surface area (Å²) in [6.45, 7) is -0.619. The summed E-state index contributed by atoms with van der Waals surface area (Å²) >= 11 is 0. The number of hydrogen-bond acceptors (Lipinski definition) is 8. The van der Waals surface area contributed by atoms with Crippen LogP contribution in [0.2, 0.25) is 0 Å². The van der Waals surface area contributed by atoms with E-state index >= 15 is 0 Å². The highest BCUT2D eigenvalue weighted by Gasteiger charge is 2.47. The van der Waals surface area contributed by atoms with Crippen molar-refractivity contribution in [2.45, 2.75) is 43.4 Å². The van der Waals surface area contributed by atoms with Gasteiger partial charge in [0.2, 0.25) is 6.29 Å². The number of hydrogen-bond donors (Lipinski definition) is 5. The van der Waals surface area contributed by atoms with Gasteiger partial charge in [-0.05, 0) is 12.0 Å². The highest BCUT2D eigenvalue weighted by molar-refractivity contribution is 5.19. The first kappa shape index (κ1) is 16.8. The zero-order chi connectivity index (χ0) is 16.6. The topological polar surface area (TPSA) is 129 Å². The van der Waals surface area contributed by atoms with Gasteiger partial charge < -0.3 is 39.7 Å². The predicted octanol–water partition coefficient (Wildman–Crippen LogP) is -1.77. The summed E-state index contributed by atoms with van der Waals surface area (Å²) in [7, 11) is 0. The van der Waals surface area contributed by atoms with Crippen LogP contribution in [0, 0.1) is 11.8 Å². The average molecular weight is 330 g/mol. The fourth-order valence-corrected chi connectivity index (χ4v) is 3.27. The molecule has 1 aliphatic carbocycles. The molecule has 1 fully saturated rings. The second-order valence-corrected chi connectivity index (χ2v) is 6.04. The molecule has 5 N–H and O–H groups in total. The number of allylic oxidation sites excluding steroid dienone is 1. The smallest absolute Gasteiger partial charge is 0.208 e. The van der Waals surface area contributed by atoms with Crippen LogP contribution in [0.25, 0.3) is 0 Å². The maximum absolute atomic E-state index is 10.0. The molecular weight excluding hydrogens is 308 g/mol. The van der Waals surface area contributed by atoms with Crippen LogP contribution in [0.4, 0.5) is 0 Å². The lowest BCUT2D eigenvalue weighted by Crippen LogP contribution is -2.60. The highest BCUT2D eigenvalue weighted by Crippen LogP contribution is 2.39. The maximum Gasteiger partial charge on any atom is 0.208 e. The average Bonchev–Trinajstić information content (AvgIpc) is 3.05. The van der Waals surface area contributed by atoms with Crippen molar-refractivity contribution in [2.75, 3.05) is 13.2 Å². The molecule has 8 nitrogen and oxygen atoms in total. The first-order valence-corrected chi connectivity index (χ1v) is 7.64. The van der Waals surface area contributed by atoms with Crippen molar-refractivity contribution in [2.24, 2.45) is 11.8 Å². The van der Waals surface area contributed by atoms with Crippen molar-refractivity contribution in [1.82, 2.24) is 0 Å². The largest absolute Gasteiger partial charge is 0.472 e. The van der Waals surface area contributed by atoms with Crippen molar-refractivity contribution in [3.05, 3.63) is 24.0 Å². The van der Waals surface area contributed by atoms with E-state index in [0.717, 1.165) is 12.0 Å². The third kappa shape index (κ3) is 3.03. The Morgan fingerprint density at radius 2 is 1.87 bits per heavy atom. The second-order valence-electron chi connectivity index (χ2n) is 6.04. The van der Waals surface area contributed by atoms with Crippen LogP contribution in [-0.4, -0.2) is 75.7 Å². The number of fused-ring (bicyclic) bond motifs is 1. The van der Waals surface area contributed by atoms with Crippen LogP contribution in [0.15, 0.2) is 24.0 Å². The Hall–Kier alpha value is -1.00. The van der Waals surface area contributed by atoms with Crippen molar-refractivity contribution in [3.63, 3.8) is 0 Å².